The van der Waals surface area contributed by atoms with Gasteiger partial charge in [0.2, 0.25) is 0 Å². The molecule has 0 amide bonds. The molecule has 0 aromatic heterocycles. The average Bonchev–Trinajstić information content (AvgIpc) is 2.01. The predicted molar refractivity (Wildman–Crippen MR) is 47.4 cm³/mol. The zero-order chi connectivity index (χ0) is 8.77. The van der Waals surface area contributed by atoms with Crippen LogP contribution in [-0.2, 0) is 4.79 Å². The number of rotatable bonds is 0. The van der Waals surface area contributed by atoms with E-state index in [1.54, 1.807) is 0 Å². The van der Waals surface area contributed by atoms with Crippen LogP contribution in [-0.4, -0.2) is 5.78 Å². The number of ketones is 1. The van der Waals surface area contributed by atoms with Crippen molar-refractivity contribution in [3.8, 4) is 12.3 Å². The molecular formula is C11H14O. The second-order valence-electron chi connectivity index (χ2n) is 4.36. The Morgan fingerprint density at radius 2 is 2.42 bits per heavy atom. The van der Waals surface area contributed by atoms with Crippen molar-refractivity contribution in [2.45, 2.75) is 32.6 Å². The van der Waals surface area contributed by atoms with Crippen molar-refractivity contribution >= 4 is 5.78 Å². The predicted octanol–water partition coefficient (Wildman–Crippen LogP) is 2.01. The van der Waals surface area contributed by atoms with Gasteiger partial charge >= 0.3 is 0 Å². The third kappa shape index (κ3) is 0.843. The lowest BCUT2D eigenvalue weighted by molar-refractivity contribution is -0.139. The molecule has 0 saturated heterocycles. The molecule has 0 radical (unpaired) electrons. The van der Waals surface area contributed by atoms with Gasteiger partial charge in [-0.3, -0.25) is 4.79 Å². The fourth-order valence-corrected chi connectivity index (χ4v) is 2.88. The summed E-state index contributed by atoms with van der Waals surface area (Å²) in [6.45, 7) is 2.05. The molecular weight excluding hydrogens is 148 g/mol. The zero-order valence-corrected chi connectivity index (χ0v) is 7.47. The van der Waals surface area contributed by atoms with Crippen molar-refractivity contribution in [1.29, 1.82) is 0 Å². The monoisotopic (exact) mass is 162 g/mol. The van der Waals surface area contributed by atoms with E-state index in [2.05, 4.69) is 12.8 Å². The van der Waals surface area contributed by atoms with Crippen LogP contribution in [0.3, 0.4) is 0 Å². The van der Waals surface area contributed by atoms with Gasteiger partial charge in [-0.15, -0.1) is 6.42 Å². The molecule has 0 heterocycles. The van der Waals surface area contributed by atoms with Crippen LogP contribution in [0.4, 0.5) is 0 Å². The molecule has 2 rings (SSSR count). The standard InChI is InChI=1S/C11H14O/c1-3-11(2)7-8-5-4-6-9(12)10(8)11/h1,8,10H,4-7H2,2H3. The normalized spacial score (nSPS) is 45.8. The van der Waals surface area contributed by atoms with Gasteiger partial charge in [-0.1, -0.05) is 5.92 Å². The average molecular weight is 162 g/mol. The van der Waals surface area contributed by atoms with Crippen molar-refractivity contribution in [3.05, 3.63) is 0 Å². The minimum absolute atomic E-state index is 0.0951. The zero-order valence-electron chi connectivity index (χ0n) is 7.47. The number of carbonyl (C=O) groups excluding carboxylic acids is 1. The van der Waals surface area contributed by atoms with Crippen molar-refractivity contribution in [2.75, 3.05) is 0 Å². The number of terminal acetylenes is 1. The fourth-order valence-electron chi connectivity index (χ4n) is 2.88. The third-order valence-electron chi connectivity index (χ3n) is 3.52. The molecule has 3 unspecified atom stereocenters. The summed E-state index contributed by atoms with van der Waals surface area (Å²) < 4.78 is 0. The highest BCUT2D eigenvalue weighted by Gasteiger charge is 2.53. The summed E-state index contributed by atoms with van der Waals surface area (Å²) in [6.07, 6.45) is 9.57. The summed E-state index contributed by atoms with van der Waals surface area (Å²) in [5, 5.41) is 0. The van der Waals surface area contributed by atoms with E-state index in [0.717, 1.165) is 19.3 Å². The van der Waals surface area contributed by atoms with Gasteiger partial charge < -0.3 is 0 Å². The Bertz CT molecular complexity index is 261. The summed E-state index contributed by atoms with van der Waals surface area (Å²) in [4.78, 5) is 11.5. The van der Waals surface area contributed by atoms with E-state index in [1.165, 1.54) is 6.42 Å². The van der Waals surface area contributed by atoms with Gasteiger partial charge in [-0.2, -0.15) is 0 Å². The van der Waals surface area contributed by atoms with Crippen LogP contribution >= 0.6 is 0 Å². The highest BCUT2D eigenvalue weighted by Crippen LogP contribution is 2.55. The number of fused-ring (bicyclic) bond motifs is 1. The van der Waals surface area contributed by atoms with E-state index in [9.17, 15) is 4.79 Å². The van der Waals surface area contributed by atoms with Crippen LogP contribution in [0.25, 0.3) is 0 Å². The first-order valence-corrected chi connectivity index (χ1v) is 4.68. The van der Waals surface area contributed by atoms with E-state index in [-0.39, 0.29) is 11.3 Å². The third-order valence-corrected chi connectivity index (χ3v) is 3.52. The molecule has 0 bridgehead atoms. The van der Waals surface area contributed by atoms with Gasteiger partial charge in [-0.25, -0.2) is 0 Å². The minimum Gasteiger partial charge on any atom is -0.299 e. The summed E-state index contributed by atoms with van der Waals surface area (Å²) >= 11 is 0. The molecule has 0 aliphatic heterocycles. The molecule has 1 nitrogen and oxygen atoms in total. The lowest BCUT2D eigenvalue weighted by atomic mass is 9.50. The molecule has 0 N–H and O–H groups in total. The number of Topliss-reactive ketones (excluding diaryl/α,β-unsaturated/α-hetero) is 1. The van der Waals surface area contributed by atoms with Gasteiger partial charge in [0, 0.05) is 17.8 Å². The van der Waals surface area contributed by atoms with Crippen LogP contribution < -0.4 is 0 Å². The smallest absolute Gasteiger partial charge is 0.137 e. The molecule has 1 heteroatoms. The van der Waals surface area contributed by atoms with Crippen molar-refractivity contribution in [1.82, 2.24) is 0 Å². The maximum Gasteiger partial charge on any atom is 0.137 e. The molecule has 2 aliphatic rings. The van der Waals surface area contributed by atoms with E-state index in [4.69, 9.17) is 6.42 Å². The molecule has 3 atom stereocenters. The Morgan fingerprint density at radius 3 is 3.00 bits per heavy atom. The van der Waals surface area contributed by atoms with E-state index in [1.807, 2.05) is 0 Å². The van der Waals surface area contributed by atoms with Crippen LogP contribution in [0.1, 0.15) is 32.6 Å². The van der Waals surface area contributed by atoms with E-state index in [0.29, 0.717) is 11.7 Å². The minimum atomic E-state index is -0.0951. The van der Waals surface area contributed by atoms with Crippen LogP contribution in [0.2, 0.25) is 0 Å². The SMILES string of the molecule is C#CC1(C)CC2CCCC(=O)C21. The lowest BCUT2D eigenvalue weighted by Gasteiger charge is -2.51. The quantitative estimate of drug-likeness (QED) is 0.498. The Balaban J connectivity index is 2.20. The highest BCUT2D eigenvalue weighted by molar-refractivity contribution is 5.84. The van der Waals surface area contributed by atoms with Crippen LogP contribution in [0.15, 0.2) is 0 Å². The van der Waals surface area contributed by atoms with Gasteiger partial charge in [0.05, 0.1) is 0 Å². The Kier molecular flexibility index (Phi) is 1.54. The molecule has 12 heavy (non-hydrogen) atoms. The largest absolute Gasteiger partial charge is 0.299 e. The summed E-state index contributed by atoms with van der Waals surface area (Å²) in [5.41, 5.74) is -0.0951. The van der Waals surface area contributed by atoms with Crippen molar-refractivity contribution < 1.29 is 4.79 Å². The van der Waals surface area contributed by atoms with Gasteiger partial charge in [0.25, 0.3) is 0 Å². The highest BCUT2D eigenvalue weighted by atomic mass is 16.1. The second-order valence-corrected chi connectivity index (χ2v) is 4.36. The first kappa shape index (κ1) is 7.86. The molecule has 2 fully saturated rings. The topological polar surface area (TPSA) is 17.1 Å². The number of carbonyl (C=O) groups is 1. The van der Waals surface area contributed by atoms with Gasteiger partial charge in [-0.05, 0) is 32.1 Å². The maximum absolute atomic E-state index is 11.5. The number of hydrogen-bond acceptors (Lipinski definition) is 1. The van der Waals surface area contributed by atoms with Crippen molar-refractivity contribution in [2.24, 2.45) is 17.3 Å². The van der Waals surface area contributed by atoms with Crippen molar-refractivity contribution in [3.63, 3.8) is 0 Å². The van der Waals surface area contributed by atoms with E-state index < -0.39 is 0 Å². The lowest BCUT2D eigenvalue weighted by Crippen LogP contribution is -2.51. The van der Waals surface area contributed by atoms with Crippen LogP contribution in [0.5, 0.6) is 0 Å². The summed E-state index contributed by atoms with van der Waals surface area (Å²) in [7, 11) is 0. The van der Waals surface area contributed by atoms with Gasteiger partial charge in [0.15, 0.2) is 0 Å². The molecule has 2 saturated carbocycles. The molecule has 0 aromatic rings. The molecule has 64 valence electrons. The van der Waals surface area contributed by atoms with Crippen LogP contribution in [0, 0.1) is 29.6 Å². The fraction of sp³-hybridized carbons (Fsp3) is 0.727. The second kappa shape index (κ2) is 2.36. The van der Waals surface area contributed by atoms with E-state index >= 15 is 0 Å². The molecule has 2 aliphatic carbocycles. The first-order valence-electron chi connectivity index (χ1n) is 4.68. The molecule has 0 aromatic carbocycles. The Labute approximate surface area is 73.5 Å². The Hall–Kier alpha value is -0.770. The summed E-state index contributed by atoms with van der Waals surface area (Å²) in [5.74, 6) is 4.02. The Morgan fingerprint density at radius 1 is 1.67 bits per heavy atom. The number of hydrogen-bond donors (Lipinski definition) is 0. The van der Waals surface area contributed by atoms with Gasteiger partial charge in [0.1, 0.15) is 5.78 Å². The maximum atomic E-state index is 11.5. The summed E-state index contributed by atoms with van der Waals surface area (Å²) in [6, 6.07) is 0. The molecule has 0 spiro atoms. The first-order chi connectivity index (χ1) is 5.67.